The van der Waals surface area contributed by atoms with E-state index in [1.165, 1.54) is 17.4 Å². The highest BCUT2D eigenvalue weighted by Gasteiger charge is 2.12. The number of rotatable bonds is 2. The van der Waals surface area contributed by atoms with Crippen molar-refractivity contribution in [3.63, 3.8) is 0 Å². The minimum Gasteiger partial charge on any atom is -0.328 e. The second-order valence-electron chi connectivity index (χ2n) is 3.86. The van der Waals surface area contributed by atoms with Crippen molar-refractivity contribution < 1.29 is 8.78 Å². The van der Waals surface area contributed by atoms with E-state index >= 15 is 0 Å². The van der Waals surface area contributed by atoms with E-state index in [1.807, 2.05) is 24.3 Å². The summed E-state index contributed by atoms with van der Waals surface area (Å²) in [6.07, 6.45) is 0. The first-order chi connectivity index (χ1) is 9.13. The molecule has 2 aromatic carbocycles. The molecule has 0 aliphatic rings. The fourth-order valence-electron chi connectivity index (χ4n) is 1.69. The zero-order valence-electron chi connectivity index (χ0n) is 9.45. The molecule has 0 atom stereocenters. The molecule has 2 nitrogen and oxygen atoms in total. The molecule has 0 aliphatic heterocycles. The molecule has 0 radical (unpaired) electrons. The van der Waals surface area contributed by atoms with E-state index in [0.29, 0.717) is 9.60 Å². The summed E-state index contributed by atoms with van der Waals surface area (Å²) in [6.45, 7) is 0. The first-order valence-electron chi connectivity index (χ1n) is 5.40. The Morgan fingerprint density at radius 1 is 1.16 bits per heavy atom. The molecule has 1 N–H and O–H groups in total. The average molecular weight is 341 g/mol. The Morgan fingerprint density at radius 2 is 1.95 bits per heavy atom. The number of fused-ring (bicyclic) bond motifs is 1. The van der Waals surface area contributed by atoms with Gasteiger partial charge in [-0.1, -0.05) is 23.5 Å². The normalized spacial score (nSPS) is 10.9. The van der Waals surface area contributed by atoms with E-state index < -0.39 is 11.6 Å². The zero-order chi connectivity index (χ0) is 13.4. The van der Waals surface area contributed by atoms with Crippen molar-refractivity contribution in [2.24, 2.45) is 0 Å². The van der Waals surface area contributed by atoms with Crippen molar-refractivity contribution in [2.45, 2.75) is 0 Å². The molecule has 19 heavy (non-hydrogen) atoms. The van der Waals surface area contributed by atoms with Gasteiger partial charge in [0.25, 0.3) is 0 Å². The lowest BCUT2D eigenvalue weighted by atomic mass is 10.3. The van der Waals surface area contributed by atoms with Gasteiger partial charge < -0.3 is 5.32 Å². The molecule has 3 aromatic rings. The van der Waals surface area contributed by atoms with Crippen LogP contribution >= 0.6 is 27.3 Å². The maximum atomic E-state index is 13.7. The van der Waals surface area contributed by atoms with Gasteiger partial charge in [-0.15, -0.1) is 0 Å². The van der Waals surface area contributed by atoms with Crippen LogP contribution in [0.5, 0.6) is 0 Å². The zero-order valence-corrected chi connectivity index (χ0v) is 11.9. The van der Waals surface area contributed by atoms with Crippen LogP contribution < -0.4 is 5.32 Å². The highest BCUT2D eigenvalue weighted by atomic mass is 79.9. The molecular weight excluding hydrogens is 334 g/mol. The van der Waals surface area contributed by atoms with Crippen molar-refractivity contribution in [3.8, 4) is 0 Å². The van der Waals surface area contributed by atoms with Crippen molar-refractivity contribution in [1.82, 2.24) is 4.98 Å². The maximum absolute atomic E-state index is 13.7. The summed E-state index contributed by atoms with van der Waals surface area (Å²) in [4.78, 5) is 4.34. The summed E-state index contributed by atoms with van der Waals surface area (Å²) in [6, 6.07) is 9.67. The second-order valence-corrected chi connectivity index (χ2v) is 5.74. The largest absolute Gasteiger partial charge is 0.328 e. The van der Waals surface area contributed by atoms with Gasteiger partial charge in [-0.2, -0.15) is 0 Å². The molecule has 0 amide bonds. The van der Waals surface area contributed by atoms with Crippen LogP contribution in [0.1, 0.15) is 0 Å². The van der Waals surface area contributed by atoms with Crippen LogP contribution in [0.2, 0.25) is 0 Å². The lowest BCUT2D eigenvalue weighted by molar-refractivity contribution is 0.584. The van der Waals surface area contributed by atoms with Gasteiger partial charge in [0, 0.05) is 10.5 Å². The average Bonchev–Trinajstić information content (AvgIpc) is 2.76. The van der Waals surface area contributed by atoms with Crippen molar-refractivity contribution in [3.05, 3.63) is 52.5 Å². The number of nitrogens with one attached hydrogen (secondary N) is 1. The summed E-state index contributed by atoms with van der Waals surface area (Å²) in [5.74, 6) is -1.29. The number of thiazole rings is 1. The summed E-state index contributed by atoms with van der Waals surface area (Å²) < 4.78 is 28.0. The Morgan fingerprint density at radius 3 is 2.68 bits per heavy atom. The van der Waals surface area contributed by atoms with Gasteiger partial charge in [-0.25, -0.2) is 13.8 Å². The van der Waals surface area contributed by atoms with E-state index in [9.17, 15) is 8.78 Å². The van der Waals surface area contributed by atoms with Gasteiger partial charge in [0.2, 0.25) is 0 Å². The minimum absolute atomic E-state index is 0.181. The molecule has 0 saturated heterocycles. The van der Waals surface area contributed by atoms with Crippen molar-refractivity contribution in [1.29, 1.82) is 0 Å². The third kappa shape index (κ3) is 2.46. The van der Waals surface area contributed by atoms with Crippen LogP contribution in [0.15, 0.2) is 40.9 Å². The summed E-state index contributed by atoms with van der Waals surface area (Å²) in [5, 5.41) is 3.44. The van der Waals surface area contributed by atoms with Gasteiger partial charge in [-0.3, -0.25) is 0 Å². The van der Waals surface area contributed by atoms with E-state index in [2.05, 4.69) is 26.2 Å². The number of hydrogen-bond donors (Lipinski definition) is 1. The third-order valence-corrected chi connectivity index (χ3v) is 4.11. The Balaban J connectivity index is 2.01. The van der Waals surface area contributed by atoms with Crippen LogP contribution in [0.25, 0.3) is 10.2 Å². The van der Waals surface area contributed by atoms with E-state index in [1.54, 1.807) is 0 Å². The molecule has 3 rings (SSSR count). The SMILES string of the molecule is Fc1cc(F)c(Nc2nc3ccccc3s2)c(Br)c1. The number of aromatic nitrogens is 1. The number of benzene rings is 2. The summed E-state index contributed by atoms with van der Waals surface area (Å²) in [5.41, 5.74) is 1.02. The first-order valence-corrected chi connectivity index (χ1v) is 7.01. The highest BCUT2D eigenvalue weighted by Crippen LogP contribution is 2.33. The lowest BCUT2D eigenvalue weighted by Gasteiger charge is -2.06. The Labute approximate surface area is 120 Å². The molecule has 0 aliphatic carbocycles. The minimum atomic E-state index is -0.661. The Bertz CT molecular complexity index is 701. The molecule has 0 fully saturated rings. The molecule has 0 unspecified atom stereocenters. The van der Waals surface area contributed by atoms with Crippen LogP contribution in [-0.2, 0) is 0 Å². The molecule has 1 aromatic heterocycles. The van der Waals surface area contributed by atoms with E-state index in [0.717, 1.165) is 16.3 Å². The van der Waals surface area contributed by atoms with Gasteiger partial charge in [0.1, 0.15) is 5.82 Å². The van der Waals surface area contributed by atoms with Crippen LogP contribution in [0, 0.1) is 11.6 Å². The molecule has 6 heteroatoms. The number of para-hydroxylation sites is 1. The molecule has 96 valence electrons. The topological polar surface area (TPSA) is 24.9 Å². The number of hydrogen-bond acceptors (Lipinski definition) is 3. The monoisotopic (exact) mass is 340 g/mol. The van der Waals surface area contributed by atoms with E-state index in [4.69, 9.17) is 0 Å². The first kappa shape index (κ1) is 12.5. The molecular formula is C13H7BrF2N2S. The fourth-order valence-corrected chi connectivity index (χ4v) is 3.07. The molecule has 1 heterocycles. The standard InChI is InChI=1S/C13H7BrF2N2S/c14-8-5-7(15)6-9(16)12(8)18-13-17-10-3-1-2-4-11(10)19-13/h1-6H,(H,17,18). The van der Waals surface area contributed by atoms with Crippen molar-refractivity contribution >= 4 is 48.3 Å². The summed E-state index contributed by atoms with van der Waals surface area (Å²) in [7, 11) is 0. The molecule has 0 saturated carbocycles. The predicted molar refractivity (Wildman–Crippen MR) is 77.0 cm³/mol. The van der Waals surface area contributed by atoms with Gasteiger partial charge in [-0.05, 0) is 34.1 Å². The quantitative estimate of drug-likeness (QED) is 0.703. The Hall–Kier alpha value is -1.53. The number of halogens is 3. The maximum Gasteiger partial charge on any atom is 0.188 e. The Kier molecular flexibility index (Phi) is 3.20. The highest BCUT2D eigenvalue weighted by molar-refractivity contribution is 9.10. The van der Waals surface area contributed by atoms with E-state index in [-0.39, 0.29) is 5.69 Å². The number of nitrogens with zero attached hydrogens (tertiary/aromatic N) is 1. The molecule has 0 bridgehead atoms. The molecule has 0 spiro atoms. The fraction of sp³-hybridized carbons (Fsp3) is 0. The second kappa shape index (κ2) is 4.86. The van der Waals surface area contributed by atoms with Gasteiger partial charge >= 0.3 is 0 Å². The lowest BCUT2D eigenvalue weighted by Crippen LogP contribution is -1.95. The predicted octanol–water partition coefficient (Wildman–Crippen LogP) is 5.08. The third-order valence-electron chi connectivity index (χ3n) is 2.53. The van der Waals surface area contributed by atoms with Crippen molar-refractivity contribution in [2.75, 3.05) is 5.32 Å². The smallest absolute Gasteiger partial charge is 0.188 e. The summed E-state index contributed by atoms with van der Waals surface area (Å²) >= 11 is 4.54. The van der Waals surface area contributed by atoms with Crippen LogP contribution in [0.4, 0.5) is 19.6 Å². The van der Waals surface area contributed by atoms with Gasteiger partial charge in [0.05, 0.1) is 15.9 Å². The van der Waals surface area contributed by atoms with Crippen LogP contribution in [-0.4, -0.2) is 4.98 Å². The van der Waals surface area contributed by atoms with Crippen LogP contribution in [0.3, 0.4) is 0 Å². The van der Waals surface area contributed by atoms with Gasteiger partial charge in [0.15, 0.2) is 10.9 Å². The number of anilines is 2.